The molecule has 0 bridgehead atoms. The first-order valence-electron chi connectivity index (χ1n) is 9.64. The fourth-order valence-electron chi connectivity index (χ4n) is 3.60. The molecule has 0 aliphatic carbocycles. The van der Waals surface area contributed by atoms with Gasteiger partial charge in [-0.3, -0.25) is 10.2 Å². The molecule has 1 fully saturated rings. The van der Waals surface area contributed by atoms with Gasteiger partial charge in [0.2, 0.25) is 15.9 Å². The number of amides is 1. The number of nitrogen functional groups attached to an aromatic ring is 2. The highest BCUT2D eigenvalue weighted by Gasteiger charge is 2.35. The number of rotatable bonds is 6. The van der Waals surface area contributed by atoms with Gasteiger partial charge in [-0.2, -0.15) is 4.72 Å². The Bertz CT molecular complexity index is 1290. The van der Waals surface area contributed by atoms with Crippen LogP contribution in [0.15, 0.2) is 59.5 Å². The third-order valence-electron chi connectivity index (χ3n) is 5.20. The first kappa shape index (κ1) is 20.8. The number of likely N-dealkylation sites (tertiary alicyclic amines) is 1. The van der Waals surface area contributed by atoms with Crippen LogP contribution < -0.4 is 16.2 Å². The summed E-state index contributed by atoms with van der Waals surface area (Å²) in [7, 11) is -3.92. The number of hydrogen-bond donors (Lipinski definition) is 4. The van der Waals surface area contributed by atoms with Crippen molar-refractivity contribution in [3.05, 3.63) is 65.7 Å². The first-order chi connectivity index (χ1) is 14.7. The average molecular weight is 439 g/mol. The fourth-order valence-corrected chi connectivity index (χ4v) is 4.84. The van der Waals surface area contributed by atoms with Crippen LogP contribution in [0.4, 0.5) is 5.82 Å². The van der Waals surface area contributed by atoms with Gasteiger partial charge in [0.25, 0.3) is 0 Å². The molecule has 0 spiro atoms. The number of anilines is 1. The molecule has 31 heavy (non-hydrogen) atoms. The van der Waals surface area contributed by atoms with Gasteiger partial charge in [0.05, 0.1) is 10.4 Å². The molecule has 6 N–H and O–H groups in total. The molecule has 4 rings (SSSR count). The zero-order chi connectivity index (χ0) is 22.2. The monoisotopic (exact) mass is 438 g/mol. The molecule has 1 amide bonds. The lowest BCUT2D eigenvalue weighted by Gasteiger charge is -2.18. The van der Waals surface area contributed by atoms with E-state index in [1.165, 1.54) is 12.1 Å². The summed E-state index contributed by atoms with van der Waals surface area (Å²) in [5.74, 6) is -0.0442. The number of carbonyl (C=O) groups excluding carboxylic acids is 1. The molecule has 9 nitrogen and oxygen atoms in total. The number of nitrogens with zero attached hydrogens (tertiary/aromatic N) is 2. The van der Waals surface area contributed by atoms with Gasteiger partial charge in [-0.05, 0) is 42.3 Å². The van der Waals surface area contributed by atoms with Crippen LogP contribution in [0.1, 0.15) is 17.5 Å². The Balaban J connectivity index is 1.49. The normalized spacial score (nSPS) is 16.7. The summed E-state index contributed by atoms with van der Waals surface area (Å²) in [6.07, 6.45) is 0.364. The zero-order valence-corrected chi connectivity index (χ0v) is 17.4. The molecule has 160 valence electrons. The van der Waals surface area contributed by atoms with E-state index in [-0.39, 0.29) is 16.6 Å². The van der Waals surface area contributed by atoms with E-state index in [4.69, 9.17) is 16.9 Å². The van der Waals surface area contributed by atoms with Gasteiger partial charge in [-0.25, -0.2) is 13.4 Å². The average Bonchev–Trinajstić information content (AvgIpc) is 3.06. The molecule has 0 saturated carbocycles. The third kappa shape index (κ3) is 4.35. The van der Waals surface area contributed by atoms with Crippen molar-refractivity contribution < 1.29 is 13.2 Å². The Morgan fingerprint density at radius 1 is 1.19 bits per heavy atom. The molecule has 1 aromatic heterocycles. The fraction of sp³-hybridized carbons (Fsp3) is 0.190. The number of hydrogen-bond acceptors (Lipinski definition) is 6. The van der Waals surface area contributed by atoms with Crippen LogP contribution in [0.2, 0.25) is 0 Å². The van der Waals surface area contributed by atoms with Crippen molar-refractivity contribution in [1.29, 1.82) is 5.41 Å². The number of nitrogens with one attached hydrogen (secondary N) is 2. The topological polar surface area (TPSA) is 155 Å². The van der Waals surface area contributed by atoms with E-state index in [0.29, 0.717) is 36.4 Å². The molecule has 1 aliphatic heterocycles. The summed E-state index contributed by atoms with van der Waals surface area (Å²) in [6, 6.07) is 14.2. The second-order valence-electron chi connectivity index (χ2n) is 7.43. The summed E-state index contributed by atoms with van der Waals surface area (Å²) in [5, 5.41) is 8.31. The van der Waals surface area contributed by atoms with Crippen molar-refractivity contribution in [3.63, 3.8) is 0 Å². The predicted octanol–water partition coefficient (Wildman–Crippen LogP) is 1.18. The Hall–Kier alpha value is -3.50. The summed E-state index contributed by atoms with van der Waals surface area (Å²) >= 11 is 0. The number of sulfonamides is 1. The molecule has 3 aromatic rings. The summed E-state index contributed by atoms with van der Waals surface area (Å²) in [6.45, 7) is 0.740. The van der Waals surface area contributed by atoms with E-state index < -0.39 is 16.1 Å². The zero-order valence-electron chi connectivity index (χ0n) is 16.6. The smallest absolute Gasteiger partial charge is 0.241 e. The molecule has 2 heterocycles. The minimum atomic E-state index is -3.92. The molecular formula is C21H22N6O3S. The molecule has 2 aromatic carbocycles. The van der Waals surface area contributed by atoms with Crippen molar-refractivity contribution in [2.45, 2.75) is 23.9 Å². The maximum absolute atomic E-state index is 12.9. The SMILES string of the molecule is N=C(N)c1cccc(CN2CC[C@H](NS(=O)(=O)c3ccc4ccc(N)nc4c3)C2=O)c1. The summed E-state index contributed by atoms with van der Waals surface area (Å²) < 4.78 is 28.3. The Morgan fingerprint density at radius 3 is 2.74 bits per heavy atom. The molecular weight excluding hydrogens is 416 g/mol. The number of aromatic nitrogens is 1. The van der Waals surface area contributed by atoms with Crippen LogP contribution >= 0.6 is 0 Å². The standard InChI is InChI=1S/C21H22N6O3S/c22-19-7-5-14-4-6-16(11-18(14)25-19)31(29,30)26-17-8-9-27(21(17)28)12-13-2-1-3-15(10-13)20(23)24/h1-7,10-11,17,26H,8-9,12H2,(H2,22,25)(H3,23,24)/t17-/m0/s1. The lowest BCUT2D eigenvalue weighted by Crippen LogP contribution is -2.41. The van der Waals surface area contributed by atoms with E-state index >= 15 is 0 Å². The van der Waals surface area contributed by atoms with Crippen LogP contribution in [0, 0.1) is 5.41 Å². The van der Waals surface area contributed by atoms with Crippen LogP contribution in [0.25, 0.3) is 10.9 Å². The predicted molar refractivity (Wildman–Crippen MR) is 118 cm³/mol. The van der Waals surface area contributed by atoms with Crippen LogP contribution in [0.5, 0.6) is 0 Å². The molecule has 1 aliphatic rings. The number of carbonyl (C=O) groups is 1. The maximum Gasteiger partial charge on any atom is 0.241 e. The third-order valence-corrected chi connectivity index (χ3v) is 6.67. The van der Waals surface area contributed by atoms with E-state index in [9.17, 15) is 13.2 Å². The van der Waals surface area contributed by atoms with Gasteiger partial charge in [0, 0.05) is 24.0 Å². The number of nitrogens with two attached hydrogens (primary N) is 2. The summed E-state index contributed by atoms with van der Waals surface area (Å²) in [4.78, 5) is 18.6. The molecule has 0 unspecified atom stereocenters. The van der Waals surface area contributed by atoms with Crippen LogP contribution in [-0.2, 0) is 21.4 Å². The van der Waals surface area contributed by atoms with E-state index in [1.54, 1.807) is 41.3 Å². The van der Waals surface area contributed by atoms with Gasteiger partial charge in [-0.15, -0.1) is 0 Å². The second kappa shape index (κ2) is 7.97. The Morgan fingerprint density at radius 2 is 1.97 bits per heavy atom. The first-order valence-corrected chi connectivity index (χ1v) is 11.1. The number of amidine groups is 1. The van der Waals surface area contributed by atoms with Gasteiger partial charge >= 0.3 is 0 Å². The molecule has 1 saturated heterocycles. The van der Waals surface area contributed by atoms with E-state index in [0.717, 1.165) is 10.9 Å². The van der Waals surface area contributed by atoms with Gasteiger partial charge in [-0.1, -0.05) is 24.3 Å². The van der Waals surface area contributed by atoms with E-state index in [1.807, 2.05) is 6.07 Å². The quantitative estimate of drug-likeness (QED) is 0.334. The van der Waals surface area contributed by atoms with Crippen molar-refractivity contribution in [2.75, 3.05) is 12.3 Å². The number of benzene rings is 2. The number of fused-ring (bicyclic) bond motifs is 1. The lowest BCUT2D eigenvalue weighted by molar-refractivity contribution is -0.129. The van der Waals surface area contributed by atoms with E-state index in [2.05, 4.69) is 9.71 Å². The highest BCUT2D eigenvalue weighted by molar-refractivity contribution is 7.89. The van der Waals surface area contributed by atoms with Crippen molar-refractivity contribution in [2.24, 2.45) is 5.73 Å². The minimum Gasteiger partial charge on any atom is -0.384 e. The van der Waals surface area contributed by atoms with Crippen molar-refractivity contribution >= 4 is 38.5 Å². The largest absolute Gasteiger partial charge is 0.384 e. The highest BCUT2D eigenvalue weighted by Crippen LogP contribution is 2.21. The lowest BCUT2D eigenvalue weighted by atomic mass is 10.1. The van der Waals surface area contributed by atoms with Gasteiger partial charge in [0.15, 0.2) is 0 Å². The van der Waals surface area contributed by atoms with Gasteiger partial charge in [0.1, 0.15) is 17.7 Å². The van der Waals surface area contributed by atoms with Crippen molar-refractivity contribution in [3.8, 4) is 0 Å². The Kier molecular flexibility index (Phi) is 5.34. The van der Waals surface area contributed by atoms with Crippen LogP contribution in [-0.4, -0.2) is 42.6 Å². The molecule has 1 atom stereocenters. The van der Waals surface area contributed by atoms with Crippen molar-refractivity contribution in [1.82, 2.24) is 14.6 Å². The van der Waals surface area contributed by atoms with Crippen LogP contribution in [0.3, 0.4) is 0 Å². The second-order valence-corrected chi connectivity index (χ2v) is 9.14. The minimum absolute atomic E-state index is 0.0264. The molecule has 0 radical (unpaired) electrons. The highest BCUT2D eigenvalue weighted by atomic mass is 32.2. The maximum atomic E-state index is 12.9. The number of pyridine rings is 1. The van der Waals surface area contributed by atoms with Gasteiger partial charge < -0.3 is 16.4 Å². The Labute approximate surface area is 179 Å². The summed E-state index contributed by atoms with van der Waals surface area (Å²) in [5.41, 5.74) is 13.1. The molecule has 10 heteroatoms.